The molecule has 196 valence electrons. The lowest BCUT2D eigenvalue weighted by molar-refractivity contribution is -0.127. The summed E-state index contributed by atoms with van der Waals surface area (Å²) in [5.74, 6) is -1.04. The second-order valence-electron chi connectivity index (χ2n) is 8.16. The minimum absolute atomic E-state index is 0.0726. The zero-order chi connectivity index (χ0) is 27.6. The molecule has 0 bridgehead atoms. The van der Waals surface area contributed by atoms with Crippen molar-refractivity contribution in [2.75, 3.05) is 0 Å². The maximum Gasteiger partial charge on any atom is 0.343 e. The summed E-state index contributed by atoms with van der Waals surface area (Å²) in [5.41, 5.74) is 3.43. The minimum Gasteiger partial charge on any atom is -0.481 e. The van der Waals surface area contributed by atoms with Crippen LogP contribution in [0.2, 0.25) is 5.02 Å². The van der Waals surface area contributed by atoms with Gasteiger partial charge in [0, 0.05) is 16.7 Å². The number of nitrogens with zero attached hydrogens (tertiary/aromatic N) is 1. The highest BCUT2D eigenvalue weighted by Crippen LogP contribution is 2.26. The molecule has 9 heteroatoms. The number of hydrogen-bond acceptors (Lipinski definition) is 7. The van der Waals surface area contributed by atoms with Crippen LogP contribution in [0.1, 0.15) is 33.2 Å². The monoisotopic (exact) mass is 542 g/mol. The van der Waals surface area contributed by atoms with E-state index in [1.165, 1.54) is 18.3 Å². The average molecular weight is 543 g/mol. The summed E-state index contributed by atoms with van der Waals surface area (Å²) < 4.78 is 16.6. The van der Waals surface area contributed by atoms with Gasteiger partial charge in [0.2, 0.25) is 0 Å². The van der Waals surface area contributed by atoms with Gasteiger partial charge in [-0.25, -0.2) is 15.0 Å². The quantitative estimate of drug-likeness (QED) is 0.126. The Hall–Kier alpha value is -4.95. The molecule has 0 aliphatic rings. The molecule has 39 heavy (non-hydrogen) atoms. The summed E-state index contributed by atoms with van der Waals surface area (Å²) >= 11 is 5.95. The molecular formula is C30H23ClN2O6. The largest absolute Gasteiger partial charge is 0.481 e. The molecule has 0 aliphatic heterocycles. The van der Waals surface area contributed by atoms with E-state index in [4.69, 9.17) is 25.8 Å². The number of benzene rings is 4. The first-order valence-electron chi connectivity index (χ1n) is 11.8. The van der Waals surface area contributed by atoms with Crippen molar-refractivity contribution in [2.24, 2.45) is 5.10 Å². The predicted octanol–water partition coefficient (Wildman–Crippen LogP) is 5.70. The summed E-state index contributed by atoms with van der Waals surface area (Å²) in [7, 11) is 0. The number of carbonyl (C=O) groups is 3. The van der Waals surface area contributed by atoms with Crippen molar-refractivity contribution >= 4 is 35.7 Å². The fourth-order valence-corrected chi connectivity index (χ4v) is 3.48. The third kappa shape index (κ3) is 7.77. The molecule has 4 aromatic rings. The van der Waals surface area contributed by atoms with Gasteiger partial charge in [-0.05, 0) is 61.5 Å². The Balaban J connectivity index is 1.49. The van der Waals surface area contributed by atoms with Crippen molar-refractivity contribution in [3.05, 3.63) is 125 Å². The molecule has 0 heterocycles. The van der Waals surface area contributed by atoms with Gasteiger partial charge < -0.3 is 14.2 Å². The van der Waals surface area contributed by atoms with Gasteiger partial charge in [0.25, 0.3) is 5.91 Å². The smallest absolute Gasteiger partial charge is 0.343 e. The zero-order valence-corrected chi connectivity index (χ0v) is 21.5. The summed E-state index contributed by atoms with van der Waals surface area (Å²) in [5, 5.41) is 4.45. The van der Waals surface area contributed by atoms with Crippen LogP contribution in [0.25, 0.3) is 0 Å². The van der Waals surface area contributed by atoms with Crippen molar-refractivity contribution in [1.82, 2.24) is 5.43 Å². The standard InChI is InChI=1S/C30H23ClN2O6/c1-20(37-25-14-8-13-24(31)17-25)28(34)33-32-19-23-15-16-26(38-29(35)21-9-4-2-5-10-21)18-27(23)39-30(36)22-11-6-3-7-12-22/h2-20H,1H3,(H,33,34)/b32-19-/t20-/m1/s1. The van der Waals surface area contributed by atoms with Crippen LogP contribution in [0, 0.1) is 0 Å². The fraction of sp³-hybridized carbons (Fsp3) is 0.0667. The number of nitrogens with one attached hydrogen (secondary N) is 1. The van der Waals surface area contributed by atoms with Crippen LogP contribution in [0.3, 0.4) is 0 Å². The van der Waals surface area contributed by atoms with Crippen LogP contribution in [-0.2, 0) is 4.79 Å². The maximum atomic E-state index is 12.7. The molecule has 1 atom stereocenters. The van der Waals surface area contributed by atoms with E-state index >= 15 is 0 Å². The molecule has 4 aromatic carbocycles. The van der Waals surface area contributed by atoms with E-state index in [0.717, 1.165) is 0 Å². The average Bonchev–Trinajstić information content (AvgIpc) is 2.95. The fourth-order valence-electron chi connectivity index (χ4n) is 3.30. The number of hydrogen-bond donors (Lipinski definition) is 1. The normalized spacial score (nSPS) is 11.4. The summed E-state index contributed by atoms with van der Waals surface area (Å²) in [4.78, 5) is 37.7. The Bertz CT molecular complexity index is 1490. The topological polar surface area (TPSA) is 103 Å². The van der Waals surface area contributed by atoms with E-state index in [2.05, 4.69) is 10.5 Å². The Morgan fingerprint density at radius 1 is 0.769 bits per heavy atom. The van der Waals surface area contributed by atoms with Gasteiger partial charge in [0.05, 0.1) is 17.3 Å². The van der Waals surface area contributed by atoms with Crippen LogP contribution < -0.4 is 19.6 Å². The molecule has 0 radical (unpaired) electrons. The van der Waals surface area contributed by atoms with Crippen molar-refractivity contribution in [2.45, 2.75) is 13.0 Å². The highest BCUT2D eigenvalue weighted by molar-refractivity contribution is 6.30. The van der Waals surface area contributed by atoms with Crippen LogP contribution in [0.5, 0.6) is 17.2 Å². The van der Waals surface area contributed by atoms with Gasteiger partial charge in [-0.15, -0.1) is 0 Å². The van der Waals surface area contributed by atoms with Gasteiger partial charge in [-0.1, -0.05) is 54.1 Å². The summed E-state index contributed by atoms with van der Waals surface area (Å²) in [6.45, 7) is 1.56. The van der Waals surface area contributed by atoms with Crippen molar-refractivity contribution in [3.63, 3.8) is 0 Å². The molecule has 0 saturated carbocycles. The Morgan fingerprint density at radius 3 is 2.05 bits per heavy atom. The van der Waals surface area contributed by atoms with Crippen LogP contribution in [-0.4, -0.2) is 30.2 Å². The van der Waals surface area contributed by atoms with Crippen LogP contribution in [0.15, 0.2) is 108 Å². The zero-order valence-electron chi connectivity index (χ0n) is 20.7. The van der Waals surface area contributed by atoms with E-state index in [1.54, 1.807) is 97.9 Å². The second kappa shape index (κ2) is 13.0. The number of rotatable bonds is 9. The number of hydrazone groups is 1. The first-order chi connectivity index (χ1) is 18.9. The Kier molecular flexibility index (Phi) is 9.05. The number of esters is 2. The molecule has 0 unspecified atom stereocenters. The first-order valence-corrected chi connectivity index (χ1v) is 12.2. The molecule has 4 rings (SSSR count). The highest BCUT2D eigenvalue weighted by Gasteiger charge is 2.16. The molecule has 0 saturated heterocycles. The lowest BCUT2D eigenvalue weighted by Crippen LogP contribution is -2.33. The van der Waals surface area contributed by atoms with E-state index in [0.29, 0.717) is 27.5 Å². The number of halogens is 1. The van der Waals surface area contributed by atoms with Crippen molar-refractivity contribution < 1.29 is 28.6 Å². The molecule has 0 spiro atoms. The van der Waals surface area contributed by atoms with Crippen LogP contribution >= 0.6 is 11.6 Å². The van der Waals surface area contributed by atoms with E-state index in [1.807, 2.05) is 0 Å². The molecule has 8 nitrogen and oxygen atoms in total. The first kappa shape index (κ1) is 27.1. The lowest BCUT2D eigenvalue weighted by atomic mass is 10.2. The molecule has 0 aromatic heterocycles. The number of amides is 1. The van der Waals surface area contributed by atoms with Crippen molar-refractivity contribution in [1.29, 1.82) is 0 Å². The van der Waals surface area contributed by atoms with Gasteiger partial charge in [-0.2, -0.15) is 5.10 Å². The van der Waals surface area contributed by atoms with Gasteiger partial charge in [0.1, 0.15) is 17.2 Å². The van der Waals surface area contributed by atoms with Crippen molar-refractivity contribution in [3.8, 4) is 17.2 Å². The maximum absolute atomic E-state index is 12.7. The summed E-state index contributed by atoms with van der Waals surface area (Å²) in [6, 6.07) is 28.0. The molecule has 1 amide bonds. The highest BCUT2D eigenvalue weighted by atomic mass is 35.5. The SMILES string of the molecule is C[C@@H](Oc1cccc(Cl)c1)C(=O)N/N=C\c1ccc(OC(=O)c2ccccc2)cc1OC(=O)c1ccccc1. The lowest BCUT2D eigenvalue weighted by Gasteiger charge is -2.13. The third-order valence-electron chi connectivity index (χ3n) is 5.27. The van der Waals surface area contributed by atoms with Gasteiger partial charge >= 0.3 is 11.9 Å². The molecule has 0 aliphatic carbocycles. The number of carbonyl (C=O) groups excluding carboxylic acids is 3. The Morgan fingerprint density at radius 2 is 1.41 bits per heavy atom. The minimum atomic E-state index is -0.865. The van der Waals surface area contributed by atoms with Crippen LogP contribution in [0.4, 0.5) is 0 Å². The predicted molar refractivity (Wildman–Crippen MR) is 147 cm³/mol. The Labute approximate surface area is 229 Å². The van der Waals surface area contributed by atoms with Gasteiger partial charge in [0.15, 0.2) is 6.10 Å². The molecule has 1 N–H and O–H groups in total. The molecule has 0 fully saturated rings. The molecular weight excluding hydrogens is 520 g/mol. The second-order valence-corrected chi connectivity index (χ2v) is 8.60. The van der Waals surface area contributed by atoms with E-state index in [-0.39, 0.29) is 11.5 Å². The van der Waals surface area contributed by atoms with E-state index in [9.17, 15) is 14.4 Å². The summed E-state index contributed by atoms with van der Waals surface area (Å²) in [6.07, 6.45) is 0.441. The van der Waals surface area contributed by atoms with E-state index < -0.39 is 23.9 Å². The number of ether oxygens (including phenoxy) is 3. The van der Waals surface area contributed by atoms with Gasteiger partial charge in [-0.3, -0.25) is 4.79 Å². The third-order valence-corrected chi connectivity index (χ3v) is 5.51.